The van der Waals surface area contributed by atoms with Gasteiger partial charge in [0.15, 0.2) is 0 Å². The van der Waals surface area contributed by atoms with Crippen LogP contribution in [0.15, 0.2) is 53.4 Å². The highest BCUT2D eigenvalue weighted by atomic mass is 32.2. The lowest BCUT2D eigenvalue weighted by atomic mass is 10.1. The summed E-state index contributed by atoms with van der Waals surface area (Å²) >= 11 is 0. The molecule has 0 aliphatic carbocycles. The van der Waals surface area contributed by atoms with Crippen molar-refractivity contribution in [3.05, 3.63) is 59.7 Å². The minimum atomic E-state index is -3.45. The van der Waals surface area contributed by atoms with Crippen LogP contribution in [0.3, 0.4) is 0 Å². The molecule has 2 N–H and O–H groups in total. The van der Waals surface area contributed by atoms with E-state index in [0.717, 1.165) is 16.9 Å². The van der Waals surface area contributed by atoms with Crippen LogP contribution in [0.5, 0.6) is 5.75 Å². The molecule has 1 unspecified atom stereocenters. The first-order valence-electron chi connectivity index (χ1n) is 9.36. The zero-order chi connectivity index (χ0) is 21.4. The second-order valence-electron chi connectivity index (χ2n) is 6.91. The average molecular weight is 420 g/mol. The van der Waals surface area contributed by atoms with Crippen LogP contribution in [-0.4, -0.2) is 54.0 Å². The maximum Gasteiger partial charge on any atom is 0.240 e. The fraction of sp³-hybridized carbons (Fsp3) is 0.381. The van der Waals surface area contributed by atoms with E-state index < -0.39 is 10.0 Å². The fourth-order valence-electron chi connectivity index (χ4n) is 2.96. The average Bonchev–Trinajstić information content (AvgIpc) is 2.72. The van der Waals surface area contributed by atoms with Crippen molar-refractivity contribution in [1.29, 1.82) is 0 Å². The number of aryl methyl sites for hydroxylation is 1. The van der Waals surface area contributed by atoms with Gasteiger partial charge in [0.25, 0.3) is 0 Å². The Morgan fingerprint density at radius 1 is 1.14 bits per heavy atom. The molecule has 0 saturated carbocycles. The second kappa shape index (κ2) is 10.4. The van der Waals surface area contributed by atoms with Crippen molar-refractivity contribution in [3.8, 4) is 5.75 Å². The van der Waals surface area contributed by atoms with E-state index in [-0.39, 0.29) is 16.8 Å². The third kappa shape index (κ3) is 6.56. The maximum absolute atomic E-state index is 12.3. The third-order valence-corrected chi connectivity index (χ3v) is 6.17. The van der Waals surface area contributed by atoms with E-state index in [2.05, 4.69) is 14.9 Å². The number of sulfonamides is 1. The van der Waals surface area contributed by atoms with Gasteiger partial charge in [0.05, 0.1) is 18.0 Å². The standard InChI is InChI=1S/C21H29N3O4S/c1-22-29(26,27)19-11-8-16(9-12-19)10-13-21(25)23-15-20(24(2)3)17-6-5-7-18(14-17)28-4/h5-9,11-12,14,20,22H,10,13,15H2,1-4H3,(H,23,25). The molecule has 0 heterocycles. The van der Waals surface area contributed by atoms with E-state index in [4.69, 9.17) is 4.74 Å². The van der Waals surface area contributed by atoms with Crippen molar-refractivity contribution in [1.82, 2.24) is 14.9 Å². The number of nitrogens with one attached hydrogen (secondary N) is 2. The van der Waals surface area contributed by atoms with Gasteiger partial charge in [-0.1, -0.05) is 24.3 Å². The number of rotatable bonds is 10. The van der Waals surface area contributed by atoms with Crippen LogP contribution < -0.4 is 14.8 Å². The second-order valence-corrected chi connectivity index (χ2v) is 8.80. The van der Waals surface area contributed by atoms with Gasteiger partial charge in [-0.3, -0.25) is 4.79 Å². The summed E-state index contributed by atoms with van der Waals surface area (Å²) < 4.78 is 31.1. The van der Waals surface area contributed by atoms with Crippen LogP contribution >= 0.6 is 0 Å². The predicted molar refractivity (Wildman–Crippen MR) is 113 cm³/mol. The van der Waals surface area contributed by atoms with Crippen LogP contribution in [0, 0.1) is 0 Å². The Morgan fingerprint density at radius 2 is 1.83 bits per heavy atom. The number of likely N-dealkylation sites (N-methyl/N-ethyl adjacent to an activating group) is 1. The van der Waals surface area contributed by atoms with E-state index in [0.29, 0.717) is 19.4 Å². The first kappa shape index (κ1) is 22.9. The molecule has 2 rings (SSSR count). The molecule has 29 heavy (non-hydrogen) atoms. The summed E-state index contributed by atoms with van der Waals surface area (Å²) in [7, 11) is 3.50. The highest BCUT2D eigenvalue weighted by Crippen LogP contribution is 2.22. The first-order chi connectivity index (χ1) is 13.8. The summed E-state index contributed by atoms with van der Waals surface area (Å²) in [6, 6.07) is 14.4. The lowest BCUT2D eigenvalue weighted by molar-refractivity contribution is -0.121. The van der Waals surface area contributed by atoms with Gasteiger partial charge in [-0.25, -0.2) is 13.1 Å². The number of carbonyl (C=O) groups is 1. The molecule has 7 nitrogen and oxygen atoms in total. The normalized spacial score (nSPS) is 12.6. The molecular weight excluding hydrogens is 390 g/mol. The monoisotopic (exact) mass is 419 g/mol. The third-order valence-electron chi connectivity index (χ3n) is 4.74. The van der Waals surface area contributed by atoms with Crippen molar-refractivity contribution in [2.75, 3.05) is 34.8 Å². The van der Waals surface area contributed by atoms with Crippen LogP contribution in [0.4, 0.5) is 0 Å². The molecule has 0 aliphatic rings. The summed E-state index contributed by atoms with van der Waals surface area (Å²) in [6.45, 7) is 0.484. The van der Waals surface area contributed by atoms with Gasteiger partial charge in [-0.2, -0.15) is 0 Å². The van der Waals surface area contributed by atoms with E-state index in [1.165, 1.54) is 7.05 Å². The largest absolute Gasteiger partial charge is 0.497 e. The number of methoxy groups -OCH3 is 1. The predicted octanol–water partition coefficient (Wildman–Crippen LogP) is 1.95. The van der Waals surface area contributed by atoms with Crippen LogP contribution in [0.1, 0.15) is 23.6 Å². The van der Waals surface area contributed by atoms with E-state index in [1.54, 1.807) is 31.4 Å². The quantitative estimate of drug-likeness (QED) is 0.615. The highest BCUT2D eigenvalue weighted by Gasteiger charge is 2.16. The highest BCUT2D eigenvalue weighted by molar-refractivity contribution is 7.89. The van der Waals surface area contributed by atoms with Crippen molar-refractivity contribution in [3.63, 3.8) is 0 Å². The van der Waals surface area contributed by atoms with E-state index in [1.807, 2.05) is 38.4 Å². The molecule has 0 radical (unpaired) electrons. The Balaban J connectivity index is 1.91. The number of amides is 1. The topological polar surface area (TPSA) is 87.7 Å². The summed E-state index contributed by atoms with van der Waals surface area (Å²) in [6.07, 6.45) is 0.869. The zero-order valence-electron chi connectivity index (χ0n) is 17.3. The maximum atomic E-state index is 12.3. The van der Waals surface area contributed by atoms with Gasteiger partial charge < -0.3 is 15.0 Å². The molecule has 0 aliphatic heterocycles. The molecule has 1 amide bonds. The summed E-state index contributed by atoms with van der Waals surface area (Å²) in [5, 5.41) is 2.99. The number of nitrogens with zero attached hydrogens (tertiary/aromatic N) is 1. The fourth-order valence-corrected chi connectivity index (χ4v) is 3.69. The van der Waals surface area contributed by atoms with Crippen LogP contribution in [0.25, 0.3) is 0 Å². The Morgan fingerprint density at radius 3 is 2.41 bits per heavy atom. The lowest BCUT2D eigenvalue weighted by Crippen LogP contribution is -2.34. The van der Waals surface area contributed by atoms with Crippen molar-refractivity contribution in [2.45, 2.75) is 23.8 Å². The number of benzene rings is 2. The molecule has 1 atom stereocenters. The van der Waals surface area contributed by atoms with Crippen molar-refractivity contribution >= 4 is 15.9 Å². The number of carbonyl (C=O) groups excluding carboxylic acids is 1. The molecular formula is C21H29N3O4S. The van der Waals surface area contributed by atoms with Gasteiger partial charge >= 0.3 is 0 Å². The number of ether oxygens (including phenoxy) is 1. The van der Waals surface area contributed by atoms with Crippen LogP contribution in [-0.2, 0) is 21.2 Å². The Bertz CT molecular complexity index is 912. The summed E-state index contributed by atoms with van der Waals surface area (Å²) in [5.74, 6) is 0.732. The van der Waals surface area contributed by atoms with E-state index >= 15 is 0 Å². The van der Waals surface area contributed by atoms with Crippen molar-refractivity contribution < 1.29 is 17.9 Å². The lowest BCUT2D eigenvalue weighted by Gasteiger charge is -2.25. The molecule has 0 aromatic heterocycles. The van der Waals surface area contributed by atoms with Gasteiger partial charge in [0, 0.05) is 13.0 Å². The molecule has 0 saturated heterocycles. The van der Waals surface area contributed by atoms with Crippen molar-refractivity contribution in [2.24, 2.45) is 0 Å². The van der Waals surface area contributed by atoms with Gasteiger partial charge in [-0.15, -0.1) is 0 Å². The first-order valence-corrected chi connectivity index (χ1v) is 10.8. The summed E-state index contributed by atoms with van der Waals surface area (Å²) in [4.78, 5) is 14.6. The Kier molecular flexibility index (Phi) is 8.19. The van der Waals surface area contributed by atoms with Gasteiger partial charge in [0.2, 0.25) is 15.9 Å². The minimum Gasteiger partial charge on any atom is -0.497 e. The minimum absolute atomic E-state index is 0.0279. The van der Waals surface area contributed by atoms with E-state index in [9.17, 15) is 13.2 Å². The molecule has 0 bridgehead atoms. The van der Waals surface area contributed by atoms with Gasteiger partial charge in [-0.05, 0) is 63.0 Å². The zero-order valence-corrected chi connectivity index (χ0v) is 18.1. The number of hydrogen-bond donors (Lipinski definition) is 2. The van der Waals surface area contributed by atoms with Gasteiger partial charge in [0.1, 0.15) is 5.75 Å². The van der Waals surface area contributed by atoms with Crippen LogP contribution in [0.2, 0.25) is 0 Å². The Hall–Kier alpha value is -2.42. The Labute approximate surface area is 173 Å². The number of hydrogen-bond acceptors (Lipinski definition) is 5. The molecule has 0 spiro atoms. The summed E-state index contributed by atoms with van der Waals surface area (Å²) in [5.41, 5.74) is 1.98. The SMILES string of the molecule is CNS(=O)(=O)c1ccc(CCC(=O)NCC(c2cccc(OC)c2)N(C)C)cc1. The molecule has 2 aromatic rings. The molecule has 158 valence electrons. The molecule has 2 aromatic carbocycles. The smallest absolute Gasteiger partial charge is 0.240 e. The molecule has 0 fully saturated rings. The molecule has 8 heteroatoms.